The lowest BCUT2D eigenvalue weighted by molar-refractivity contribution is -0.120. The molecule has 1 saturated carbocycles. The van der Waals surface area contributed by atoms with E-state index in [0.29, 0.717) is 31.1 Å². The molecule has 194 valence electrons. The summed E-state index contributed by atoms with van der Waals surface area (Å²) in [5.74, 6) is 1.22. The second-order valence-corrected chi connectivity index (χ2v) is 10.7. The van der Waals surface area contributed by atoms with Crippen LogP contribution in [0.25, 0.3) is 11.4 Å². The highest BCUT2D eigenvalue weighted by Gasteiger charge is 2.40. The van der Waals surface area contributed by atoms with Crippen molar-refractivity contribution in [3.05, 3.63) is 64.5 Å². The van der Waals surface area contributed by atoms with Crippen LogP contribution in [0, 0.1) is 11.8 Å². The monoisotopic (exact) mass is 501 g/mol. The minimum absolute atomic E-state index is 0.0957. The molecular formula is C28H35N7O2. The third kappa shape index (κ3) is 4.74. The average molecular weight is 502 g/mol. The summed E-state index contributed by atoms with van der Waals surface area (Å²) in [6, 6.07) is 7.71. The van der Waals surface area contributed by atoms with Crippen molar-refractivity contribution in [1.82, 2.24) is 29.8 Å². The van der Waals surface area contributed by atoms with Crippen molar-refractivity contribution in [2.45, 2.75) is 77.3 Å². The zero-order chi connectivity index (χ0) is 26.0. The number of Topliss-reactive ketones (excluding diaryl/α,β-unsaturated/α-hetero) is 1. The molecule has 2 aliphatic rings. The summed E-state index contributed by atoms with van der Waals surface area (Å²) >= 11 is 0. The van der Waals surface area contributed by atoms with Crippen molar-refractivity contribution in [2.24, 2.45) is 16.8 Å². The van der Waals surface area contributed by atoms with E-state index in [9.17, 15) is 9.59 Å². The first kappa shape index (κ1) is 25.0. The highest BCUT2D eigenvalue weighted by atomic mass is 16.2. The van der Waals surface area contributed by atoms with E-state index >= 15 is 0 Å². The first-order valence-electron chi connectivity index (χ1n) is 13.3. The Bertz CT molecular complexity index is 1370. The van der Waals surface area contributed by atoms with Gasteiger partial charge in [-0.1, -0.05) is 51.5 Å². The number of aromatic amines is 1. The van der Waals surface area contributed by atoms with E-state index in [4.69, 9.17) is 0 Å². The van der Waals surface area contributed by atoms with Crippen LogP contribution in [0.3, 0.4) is 0 Å². The van der Waals surface area contributed by atoms with Gasteiger partial charge in [0.1, 0.15) is 0 Å². The van der Waals surface area contributed by atoms with Crippen LogP contribution >= 0.6 is 0 Å². The normalized spacial score (nSPS) is 23.4. The van der Waals surface area contributed by atoms with E-state index in [1.807, 2.05) is 35.3 Å². The van der Waals surface area contributed by atoms with E-state index in [1.54, 1.807) is 4.57 Å². The van der Waals surface area contributed by atoms with Gasteiger partial charge in [0.25, 0.3) is 0 Å². The Morgan fingerprint density at radius 2 is 2.11 bits per heavy atom. The molecule has 3 unspecified atom stereocenters. The maximum absolute atomic E-state index is 14.0. The van der Waals surface area contributed by atoms with Crippen LogP contribution in [-0.2, 0) is 23.2 Å². The molecule has 0 amide bonds. The number of hydrogen-bond acceptors (Lipinski definition) is 6. The fourth-order valence-corrected chi connectivity index (χ4v) is 5.87. The van der Waals surface area contributed by atoms with Gasteiger partial charge in [-0.2, -0.15) is 5.21 Å². The Morgan fingerprint density at radius 3 is 2.81 bits per heavy atom. The molecule has 1 aromatic carbocycles. The van der Waals surface area contributed by atoms with Gasteiger partial charge in [0.15, 0.2) is 5.78 Å². The van der Waals surface area contributed by atoms with Gasteiger partial charge >= 0.3 is 5.69 Å². The summed E-state index contributed by atoms with van der Waals surface area (Å²) in [6.45, 7) is 6.91. The number of imidazole rings is 1. The number of carbonyl (C=O) groups excluding carboxylic acids is 1. The lowest BCUT2D eigenvalue weighted by atomic mass is 9.76. The molecule has 9 nitrogen and oxygen atoms in total. The number of allylic oxidation sites excluding steroid dienone is 1. The predicted octanol–water partition coefficient (Wildman–Crippen LogP) is 4.27. The van der Waals surface area contributed by atoms with Crippen molar-refractivity contribution in [1.29, 1.82) is 0 Å². The fourth-order valence-electron chi connectivity index (χ4n) is 5.87. The number of tetrazole rings is 1. The van der Waals surface area contributed by atoms with Crippen molar-refractivity contribution < 1.29 is 4.79 Å². The first-order valence-corrected chi connectivity index (χ1v) is 13.3. The summed E-state index contributed by atoms with van der Waals surface area (Å²) < 4.78 is 3.65. The van der Waals surface area contributed by atoms with Crippen LogP contribution in [0.5, 0.6) is 0 Å². The van der Waals surface area contributed by atoms with Crippen LogP contribution in [0.4, 0.5) is 0 Å². The Morgan fingerprint density at radius 1 is 1.24 bits per heavy atom. The summed E-state index contributed by atoms with van der Waals surface area (Å²) in [4.78, 5) is 31.4. The Labute approximate surface area is 216 Å². The number of nitrogens with one attached hydrogen (secondary N) is 1. The summed E-state index contributed by atoms with van der Waals surface area (Å²) in [7, 11) is 0. The van der Waals surface area contributed by atoms with Crippen LogP contribution in [0.1, 0.15) is 70.2 Å². The molecule has 3 aromatic rings. The van der Waals surface area contributed by atoms with Crippen molar-refractivity contribution in [3.8, 4) is 11.4 Å². The number of nitrogens with zero attached hydrogens (tertiary/aromatic N) is 6. The Balaban J connectivity index is 1.59. The standard InChI is InChI=1S/C28H35N7O2/c1-4-5-9-22-17-34(25-23(19(2)3)10-11-24(25)36)27(37)35(22)18-28(12-14-29-15-13-28)21-8-6-7-20(16-21)26-30-32-33-31-26/h6-8,12,14-17,19,23,25H,4-5,9-11,13,18H2,1-3H3,(H,30,31,32,33). The van der Waals surface area contributed by atoms with Gasteiger partial charge in [0, 0.05) is 48.2 Å². The number of hydrogen-bond donors (Lipinski definition) is 1. The van der Waals surface area contributed by atoms with E-state index in [2.05, 4.69) is 64.6 Å². The smallest absolute Gasteiger partial charge is 0.297 e. The van der Waals surface area contributed by atoms with Gasteiger partial charge < -0.3 is 0 Å². The Hall–Kier alpha value is -3.62. The largest absolute Gasteiger partial charge is 0.329 e. The van der Waals surface area contributed by atoms with E-state index in [1.165, 1.54) is 0 Å². The number of aryl methyl sites for hydroxylation is 1. The topological polar surface area (TPSA) is 111 Å². The molecule has 1 N–H and O–H groups in total. The second-order valence-electron chi connectivity index (χ2n) is 10.7. The van der Waals surface area contributed by atoms with Crippen LogP contribution in [0.2, 0.25) is 0 Å². The molecule has 1 fully saturated rings. The van der Waals surface area contributed by atoms with Crippen LogP contribution in [0.15, 0.2) is 52.5 Å². The molecular weight excluding hydrogens is 466 g/mol. The summed E-state index contributed by atoms with van der Waals surface area (Å²) in [5.41, 5.74) is 2.32. The number of rotatable bonds is 9. The number of carbonyl (C=O) groups is 1. The van der Waals surface area contributed by atoms with Gasteiger partial charge in [-0.25, -0.2) is 4.79 Å². The van der Waals surface area contributed by atoms with E-state index < -0.39 is 5.41 Å². The number of aliphatic imine (C=N–C) groups is 1. The molecule has 2 aromatic heterocycles. The molecule has 0 spiro atoms. The number of ketones is 1. The minimum Gasteiger partial charge on any atom is -0.297 e. The van der Waals surface area contributed by atoms with Gasteiger partial charge in [0.2, 0.25) is 5.82 Å². The SMILES string of the molecule is CCCCc1cn(C2C(=O)CCC2C(C)C)c(=O)n1CC1(c2cccc(-c3nn[nH]n3)c2)C=CN=CC1. The summed E-state index contributed by atoms with van der Waals surface area (Å²) in [6.07, 6.45) is 12.6. The zero-order valence-electron chi connectivity index (χ0n) is 21.8. The molecule has 0 bridgehead atoms. The van der Waals surface area contributed by atoms with Gasteiger partial charge in [0.05, 0.1) is 6.04 Å². The Kier molecular flexibility index (Phi) is 7.04. The number of benzene rings is 1. The van der Waals surface area contributed by atoms with Gasteiger partial charge in [-0.15, -0.1) is 10.2 Å². The lowest BCUT2D eigenvalue weighted by Gasteiger charge is -2.32. The average Bonchev–Trinajstić information content (AvgIpc) is 3.64. The van der Waals surface area contributed by atoms with Crippen molar-refractivity contribution >= 4 is 12.0 Å². The molecule has 9 heteroatoms. The molecule has 0 radical (unpaired) electrons. The van der Waals surface area contributed by atoms with Crippen LogP contribution < -0.4 is 5.69 Å². The predicted molar refractivity (Wildman–Crippen MR) is 142 cm³/mol. The molecule has 1 aliphatic carbocycles. The molecule has 3 atom stereocenters. The number of unbranched alkanes of at least 4 members (excludes halogenated alkanes) is 1. The van der Waals surface area contributed by atoms with E-state index in [-0.39, 0.29) is 23.4 Å². The highest BCUT2D eigenvalue weighted by Crippen LogP contribution is 2.38. The fraction of sp³-hybridized carbons (Fsp3) is 0.500. The van der Waals surface area contributed by atoms with Gasteiger partial charge in [-0.05, 0) is 54.4 Å². The maximum atomic E-state index is 14.0. The lowest BCUT2D eigenvalue weighted by Crippen LogP contribution is -2.39. The minimum atomic E-state index is -0.477. The van der Waals surface area contributed by atoms with E-state index in [0.717, 1.165) is 42.5 Å². The third-order valence-electron chi connectivity index (χ3n) is 8.01. The van der Waals surface area contributed by atoms with Gasteiger partial charge in [-0.3, -0.25) is 18.9 Å². The molecule has 37 heavy (non-hydrogen) atoms. The first-order chi connectivity index (χ1) is 17.9. The summed E-state index contributed by atoms with van der Waals surface area (Å²) in [5, 5.41) is 14.5. The van der Waals surface area contributed by atoms with Crippen LogP contribution in [-0.4, -0.2) is 41.8 Å². The van der Waals surface area contributed by atoms with Crippen molar-refractivity contribution in [2.75, 3.05) is 0 Å². The third-order valence-corrected chi connectivity index (χ3v) is 8.01. The molecule has 0 saturated heterocycles. The molecule has 5 rings (SSSR count). The maximum Gasteiger partial charge on any atom is 0.329 e. The zero-order valence-corrected chi connectivity index (χ0v) is 21.8. The van der Waals surface area contributed by atoms with Crippen molar-refractivity contribution in [3.63, 3.8) is 0 Å². The highest BCUT2D eigenvalue weighted by molar-refractivity contribution is 5.85. The number of H-pyrrole nitrogens is 1. The molecule has 3 heterocycles. The number of aromatic nitrogens is 6. The quantitative estimate of drug-likeness (QED) is 0.471. The molecule has 1 aliphatic heterocycles. The second kappa shape index (κ2) is 10.4.